The van der Waals surface area contributed by atoms with Gasteiger partial charge in [-0.05, 0) is 51.7 Å². The smallest absolute Gasteiger partial charge is 0.416 e. The van der Waals surface area contributed by atoms with Crippen molar-refractivity contribution in [1.29, 1.82) is 0 Å². The van der Waals surface area contributed by atoms with E-state index in [0.717, 1.165) is 18.4 Å². The van der Waals surface area contributed by atoms with Crippen molar-refractivity contribution < 1.29 is 19.1 Å². The molecule has 0 fully saturated rings. The number of carbonyl (C=O) groups excluding carboxylic acids is 2. The second-order valence-electron chi connectivity index (χ2n) is 6.59. The van der Waals surface area contributed by atoms with E-state index in [1.54, 1.807) is 6.07 Å². The van der Waals surface area contributed by atoms with Crippen LogP contribution in [0.5, 0.6) is 5.88 Å². The molecule has 6 nitrogen and oxygen atoms in total. The number of aryl methyl sites for hydroxylation is 1. The highest BCUT2D eigenvalue weighted by Gasteiger charge is 2.29. The fourth-order valence-electron chi connectivity index (χ4n) is 2.35. The summed E-state index contributed by atoms with van der Waals surface area (Å²) in [6, 6.07) is 3.53. The summed E-state index contributed by atoms with van der Waals surface area (Å²) in [5.74, 6) is 0.421. The van der Waals surface area contributed by atoms with Crippen LogP contribution in [0, 0.1) is 0 Å². The third-order valence-corrected chi connectivity index (χ3v) is 3.30. The Hall–Kier alpha value is -2.11. The Kier molecular flexibility index (Phi) is 5.23. The first kappa shape index (κ1) is 17.2. The fraction of sp³-hybridized carbons (Fsp3) is 0.588. The molecule has 0 spiro atoms. The number of amides is 1. The molecular weight excluding hydrogens is 296 g/mol. The summed E-state index contributed by atoms with van der Waals surface area (Å²) in [5.41, 5.74) is 0.386. The minimum absolute atomic E-state index is 0.220. The summed E-state index contributed by atoms with van der Waals surface area (Å²) in [7, 11) is 0. The number of rotatable bonds is 3. The number of hydrogen-bond acceptors (Lipinski definition) is 5. The molecule has 0 aliphatic carbocycles. The highest BCUT2D eigenvalue weighted by atomic mass is 16.6. The molecule has 0 atom stereocenters. The van der Waals surface area contributed by atoms with Crippen LogP contribution in [0.4, 0.5) is 10.6 Å². The average molecular weight is 320 g/mol. The van der Waals surface area contributed by atoms with Crippen molar-refractivity contribution in [1.82, 2.24) is 4.98 Å². The number of carbonyl (C=O) groups is 2. The van der Waals surface area contributed by atoms with Crippen molar-refractivity contribution in [3.05, 3.63) is 17.7 Å². The lowest BCUT2D eigenvalue weighted by atomic mass is 10.1. The van der Waals surface area contributed by atoms with E-state index in [9.17, 15) is 9.59 Å². The van der Waals surface area contributed by atoms with Crippen LogP contribution in [0.2, 0.25) is 0 Å². The van der Waals surface area contributed by atoms with Crippen molar-refractivity contribution in [3.8, 4) is 5.88 Å². The molecule has 6 heteroatoms. The summed E-state index contributed by atoms with van der Waals surface area (Å²) in [4.78, 5) is 29.8. The van der Waals surface area contributed by atoms with Crippen LogP contribution >= 0.6 is 0 Å². The van der Waals surface area contributed by atoms with Gasteiger partial charge < -0.3 is 9.47 Å². The predicted octanol–water partition coefficient (Wildman–Crippen LogP) is 3.47. The number of aromatic nitrogens is 1. The van der Waals surface area contributed by atoms with Crippen molar-refractivity contribution in [2.45, 2.75) is 59.0 Å². The summed E-state index contributed by atoms with van der Waals surface area (Å²) >= 11 is 0. The predicted molar refractivity (Wildman–Crippen MR) is 86.7 cm³/mol. The van der Waals surface area contributed by atoms with Gasteiger partial charge in [0.25, 0.3) is 0 Å². The van der Waals surface area contributed by atoms with E-state index in [0.29, 0.717) is 25.2 Å². The minimum atomic E-state index is -0.570. The van der Waals surface area contributed by atoms with E-state index in [1.165, 1.54) is 4.90 Å². The number of esters is 1. The Morgan fingerprint density at radius 2 is 2.04 bits per heavy atom. The second-order valence-corrected chi connectivity index (χ2v) is 6.59. The Bertz CT molecular complexity index is 593. The van der Waals surface area contributed by atoms with Crippen LogP contribution in [0.1, 0.15) is 52.5 Å². The number of hydrogen-bond donors (Lipinski definition) is 0. The Labute approximate surface area is 136 Å². The van der Waals surface area contributed by atoms with Crippen LogP contribution in [0.25, 0.3) is 0 Å². The number of pyridine rings is 1. The van der Waals surface area contributed by atoms with Crippen molar-refractivity contribution in [3.63, 3.8) is 0 Å². The molecule has 0 saturated heterocycles. The number of ether oxygens (including phenoxy) is 2. The highest BCUT2D eigenvalue weighted by Crippen LogP contribution is 2.29. The Morgan fingerprint density at radius 3 is 2.70 bits per heavy atom. The van der Waals surface area contributed by atoms with Crippen LogP contribution in [0.15, 0.2) is 12.1 Å². The van der Waals surface area contributed by atoms with Crippen LogP contribution in [-0.2, 0) is 16.0 Å². The summed E-state index contributed by atoms with van der Waals surface area (Å²) < 4.78 is 10.7. The molecule has 0 N–H and O–H groups in total. The molecule has 1 aromatic heterocycles. The lowest BCUT2D eigenvalue weighted by Gasteiger charge is -2.30. The van der Waals surface area contributed by atoms with Crippen LogP contribution < -0.4 is 9.64 Å². The maximum atomic E-state index is 12.4. The molecule has 2 heterocycles. The summed E-state index contributed by atoms with van der Waals surface area (Å²) in [5, 5.41) is 0. The molecule has 0 unspecified atom stereocenters. The van der Waals surface area contributed by atoms with Gasteiger partial charge in [-0.1, -0.05) is 6.92 Å². The third-order valence-electron chi connectivity index (χ3n) is 3.30. The molecule has 1 aliphatic heterocycles. The zero-order valence-corrected chi connectivity index (χ0v) is 14.2. The lowest BCUT2D eigenvalue weighted by Crippen LogP contribution is -2.40. The van der Waals surface area contributed by atoms with Gasteiger partial charge >= 0.3 is 12.1 Å². The van der Waals surface area contributed by atoms with Crippen molar-refractivity contribution in [2.75, 3.05) is 11.4 Å². The first-order chi connectivity index (χ1) is 10.8. The molecule has 0 bridgehead atoms. The number of nitrogens with zero attached hydrogens (tertiary/aromatic N) is 2. The van der Waals surface area contributed by atoms with Crippen molar-refractivity contribution >= 4 is 17.9 Å². The zero-order valence-electron chi connectivity index (χ0n) is 14.2. The minimum Gasteiger partial charge on any atom is -0.443 e. The van der Waals surface area contributed by atoms with E-state index < -0.39 is 11.7 Å². The molecule has 2 rings (SSSR count). The molecule has 126 valence electrons. The summed E-state index contributed by atoms with van der Waals surface area (Å²) in [6.45, 7) is 7.93. The van der Waals surface area contributed by atoms with Gasteiger partial charge in [-0.3, -0.25) is 9.69 Å². The monoisotopic (exact) mass is 320 g/mol. The number of anilines is 1. The van der Waals surface area contributed by atoms with Crippen molar-refractivity contribution in [2.24, 2.45) is 0 Å². The molecule has 0 saturated carbocycles. The normalized spacial score (nSPS) is 14.2. The van der Waals surface area contributed by atoms with Crippen LogP contribution in [-0.4, -0.2) is 29.2 Å². The largest absolute Gasteiger partial charge is 0.443 e. The van der Waals surface area contributed by atoms with E-state index >= 15 is 0 Å². The van der Waals surface area contributed by atoms with Gasteiger partial charge in [-0.25, -0.2) is 4.79 Å². The molecule has 1 amide bonds. The van der Waals surface area contributed by atoms with Gasteiger partial charge in [0, 0.05) is 19.0 Å². The van der Waals surface area contributed by atoms with Gasteiger partial charge in [-0.15, -0.1) is 0 Å². The molecule has 1 aliphatic rings. The fourth-order valence-corrected chi connectivity index (χ4v) is 2.35. The Morgan fingerprint density at radius 1 is 1.30 bits per heavy atom. The SMILES string of the molecule is CCCC(=O)Oc1ccc2c(n1)N(C(=O)OC(C)(C)C)CCC2. The topological polar surface area (TPSA) is 68.7 Å². The van der Waals surface area contributed by atoms with Gasteiger partial charge in [0.2, 0.25) is 5.88 Å². The second kappa shape index (κ2) is 6.98. The Balaban J connectivity index is 2.22. The van der Waals surface area contributed by atoms with Crippen LogP contribution in [0.3, 0.4) is 0 Å². The first-order valence-electron chi connectivity index (χ1n) is 8.01. The molecule has 23 heavy (non-hydrogen) atoms. The quantitative estimate of drug-likeness (QED) is 0.798. The van der Waals surface area contributed by atoms with E-state index in [-0.39, 0.29) is 11.8 Å². The van der Waals surface area contributed by atoms with Gasteiger partial charge in [0.15, 0.2) is 0 Å². The molecule has 1 aromatic rings. The average Bonchev–Trinajstić information content (AvgIpc) is 2.45. The third kappa shape index (κ3) is 4.68. The number of fused-ring (bicyclic) bond motifs is 1. The van der Waals surface area contributed by atoms with Gasteiger partial charge in [-0.2, -0.15) is 4.98 Å². The maximum absolute atomic E-state index is 12.4. The van der Waals surface area contributed by atoms with E-state index in [2.05, 4.69) is 4.98 Å². The zero-order chi connectivity index (χ0) is 17.0. The summed E-state index contributed by atoms with van der Waals surface area (Å²) in [6.07, 6.45) is 2.32. The highest BCUT2D eigenvalue weighted by molar-refractivity contribution is 5.88. The van der Waals surface area contributed by atoms with E-state index in [4.69, 9.17) is 9.47 Å². The van der Waals surface area contributed by atoms with Gasteiger partial charge in [0.05, 0.1) is 0 Å². The molecule has 0 aromatic carbocycles. The molecular formula is C17H24N2O4. The lowest BCUT2D eigenvalue weighted by molar-refractivity contribution is -0.134. The standard InChI is InChI=1S/C17H24N2O4/c1-5-7-14(20)22-13-10-9-12-8-6-11-19(15(12)18-13)16(21)23-17(2,3)4/h9-10H,5-8,11H2,1-4H3. The van der Waals surface area contributed by atoms with E-state index in [1.807, 2.05) is 33.8 Å². The molecule has 0 radical (unpaired) electrons. The first-order valence-corrected chi connectivity index (χ1v) is 8.01. The maximum Gasteiger partial charge on any atom is 0.416 e. The van der Waals surface area contributed by atoms with Gasteiger partial charge in [0.1, 0.15) is 11.4 Å².